The summed E-state index contributed by atoms with van der Waals surface area (Å²) in [6.45, 7) is 4.26. The van der Waals surface area contributed by atoms with Gasteiger partial charge in [0.25, 0.3) is 0 Å². The van der Waals surface area contributed by atoms with Gasteiger partial charge in [-0.25, -0.2) is 0 Å². The van der Waals surface area contributed by atoms with E-state index in [1.807, 2.05) is 23.5 Å². The maximum absolute atomic E-state index is 5.72. The van der Waals surface area contributed by atoms with Crippen LogP contribution in [0.15, 0.2) is 41.8 Å². The third kappa shape index (κ3) is 3.24. The average molecular weight is 246 g/mol. The summed E-state index contributed by atoms with van der Waals surface area (Å²) in [5, 5.41) is 2.13. The second-order valence-electron chi connectivity index (χ2n) is 4.09. The van der Waals surface area contributed by atoms with Gasteiger partial charge in [-0.3, -0.25) is 0 Å². The molecule has 1 aromatic heterocycles. The van der Waals surface area contributed by atoms with Gasteiger partial charge in [-0.1, -0.05) is 13.0 Å². The summed E-state index contributed by atoms with van der Waals surface area (Å²) >= 11 is 1.81. The SMILES string of the molecule is CCCN(Cc1cccs1)c1ccc(N)cc1. The minimum absolute atomic E-state index is 0.821. The van der Waals surface area contributed by atoms with Crippen molar-refractivity contribution in [1.82, 2.24) is 0 Å². The normalized spacial score (nSPS) is 10.4. The topological polar surface area (TPSA) is 29.3 Å². The first-order chi connectivity index (χ1) is 8.29. The lowest BCUT2D eigenvalue weighted by molar-refractivity contribution is 0.774. The third-order valence-corrected chi connectivity index (χ3v) is 3.54. The Morgan fingerprint density at radius 3 is 2.53 bits per heavy atom. The highest BCUT2D eigenvalue weighted by Gasteiger charge is 2.06. The summed E-state index contributed by atoms with van der Waals surface area (Å²) in [5.41, 5.74) is 7.79. The summed E-state index contributed by atoms with van der Waals surface area (Å²) < 4.78 is 0. The van der Waals surface area contributed by atoms with Crippen LogP contribution in [0.5, 0.6) is 0 Å². The number of benzene rings is 1. The van der Waals surface area contributed by atoms with E-state index < -0.39 is 0 Å². The van der Waals surface area contributed by atoms with Crippen LogP contribution < -0.4 is 10.6 Å². The highest BCUT2D eigenvalue weighted by atomic mass is 32.1. The fourth-order valence-corrected chi connectivity index (χ4v) is 2.56. The second-order valence-corrected chi connectivity index (χ2v) is 5.12. The van der Waals surface area contributed by atoms with Crippen LogP contribution in [0, 0.1) is 0 Å². The number of nitrogens with two attached hydrogens (primary N) is 1. The number of anilines is 2. The van der Waals surface area contributed by atoms with Crippen LogP contribution in [0.3, 0.4) is 0 Å². The quantitative estimate of drug-likeness (QED) is 0.814. The second kappa shape index (κ2) is 5.73. The van der Waals surface area contributed by atoms with Gasteiger partial charge in [-0.15, -0.1) is 11.3 Å². The molecule has 2 nitrogen and oxygen atoms in total. The molecular formula is C14H18N2S. The molecule has 1 aromatic carbocycles. The first-order valence-electron chi connectivity index (χ1n) is 5.92. The molecule has 0 atom stereocenters. The minimum Gasteiger partial charge on any atom is -0.399 e. The van der Waals surface area contributed by atoms with Crippen LogP contribution in [0.25, 0.3) is 0 Å². The van der Waals surface area contributed by atoms with Gasteiger partial charge in [0.15, 0.2) is 0 Å². The Balaban J connectivity index is 2.13. The lowest BCUT2D eigenvalue weighted by Crippen LogP contribution is -2.22. The molecular weight excluding hydrogens is 228 g/mol. The van der Waals surface area contributed by atoms with Gasteiger partial charge in [0, 0.05) is 22.8 Å². The van der Waals surface area contributed by atoms with Crippen LogP contribution in [0.2, 0.25) is 0 Å². The largest absolute Gasteiger partial charge is 0.399 e. The smallest absolute Gasteiger partial charge is 0.0522 e. The molecule has 2 N–H and O–H groups in total. The molecule has 0 aliphatic heterocycles. The molecule has 90 valence electrons. The Bertz CT molecular complexity index is 434. The van der Waals surface area contributed by atoms with Gasteiger partial charge in [0.2, 0.25) is 0 Å². The van der Waals surface area contributed by atoms with E-state index in [1.165, 1.54) is 10.6 Å². The Morgan fingerprint density at radius 2 is 1.94 bits per heavy atom. The van der Waals surface area contributed by atoms with Crippen molar-refractivity contribution in [3.05, 3.63) is 46.7 Å². The summed E-state index contributed by atoms with van der Waals surface area (Å²) in [5.74, 6) is 0. The fraction of sp³-hybridized carbons (Fsp3) is 0.286. The zero-order valence-electron chi connectivity index (χ0n) is 10.1. The Hall–Kier alpha value is -1.48. The Kier molecular flexibility index (Phi) is 4.04. The maximum atomic E-state index is 5.72. The van der Waals surface area contributed by atoms with E-state index in [2.05, 4.69) is 41.5 Å². The van der Waals surface area contributed by atoms with Gasteiger partial charge in [0.05, 0.1) is 6.54 Å². The van der Waals surface area contributed by atoms with Crippen LogP contribution in [0.1, 0.15) is 18.2 Å². The number of nitrogen functional groups attached to an aromatic ring is 1. The van der Waals surface area contributed by atoms with E-state index in [1.54, 1.807) is 0 Å². The zero-order chi connectivity index (χ0) is 12.1. The van der Waals surface area contributed by atoms with Gasteiger partial charge in [-0.2, -0.15) is 0 Å². The number of thiophene rings is 1. The zero-order valence-corrected chi connectivity index (χ0v) is 10.9. The van der Waals surface area contributed by atoms with Crippen molar-refractivity contribution in [3.63, 3.8) is 0 Å². The van der Waals surface area contributed by atoms with Crippen LogP contribution in [0.4, 0.5) is 11.4 Å². The highest BCUT2D eigenvalue weighted by molar-refractivity contribution is 7.09. The van der Waals surface area contributed by atoms with E-state index in [4.69, 9.17) is 5.73 Å². The van der Waals surface area contributed by atoms with Gasteiger partial charge < -0.3 is 10.6 Å². The molecule has 0 aliphatic carbocycles. The molecule has 3 heteroatoms. The maximum Gasteiger partial charge on any atom is 0.0522 e. The fourth-order valence-electron chi connectivity index (χ4n) is 1.85. The highest BCUT2D eigenvalue weighted by Crippen LogP contribution is 2.21. The van der Waals surface area contributed by atoms with Crippen molar-refractivity contribution in [2.75, 3.05) is 17.2 Å². The first kappa shape index (κ1) is 12.0. The summed E-state index contributed by atoms with van der Waals surface area (Å²) in [6.07, 6.45) is 1.15. The Labute approximate surface area is 107 Å². The minimum atomic E-state index is 0.821. The monoisotopic (exact) mass is 246 g/mol. The summed E-state index contributed by atoms with van der Waals surface area (Å²) in [6, 6.07) is 12.4. The van der Waals surface area contributed by atoms with Crippen molar-refractivity contribution in [3.8, 4) is 0 Å². The molecule has 0 radical (unpaired) electrons. The number of nitrogens with zero attached hydrogens (tertiary/aromatic N) is 1. The predicted molar refractivity (Wildman–Crippen MR) is 76.5 cm³/mol. The molecule has 0 unspecified atom stereocenters. The van der Waals surface area contributed by atoms with Crippen LogP contribution >= 0.6 is 11.3 Å². The van der Waals surface area contributed by atoms with Crippen LogP contribution in [-0.2, 0) is 6.54 Å². The summed E-state index contributed by atoms with van der Waals surface area (Å²) in [4.78, 5) is 3.79. The summed E-state index contributed by atoms with van der Waals surface area (Å²) in [7, 11) is 0. The molecule has 2 aromatic rings. The number of rotatable bonds is 5. The van der Waals surface area contributed by atoms with Gasteiger partial charge in [-0.05, 0) is 42.1 Å². The van der Waals surface area contributed by atoms with Crippen LogP contribution in [-0.4, -0.2) is 6.54 Å². The van der Waals surface area contributed by atoms with Crippen molar-refractivity contribution in [2.24, 2.45) is 0 Å². The van der Waals surface area contributed by atoms with E-state index in [9.17, 15) is 0 Å². The molecule has 0 bridgehead atoms. The molecule has 0 spiro atoms. The number of hydrogen-bond donors (Lipinski definition) is 1. The van der Waals surface area contributed by atoms with Crippen molar-refractivity contribution >= 4 is 22.7 Å². The average Bonchev–Trinajstić information content (AvgIpc) is 2.82. The van der Waals surface area contributed by atoms with Gasteiger partial charge in [0.1, 0.15) is 0 Å². The Morgan fingerprint density at radius 1 is 1.18 bits per heavy atom. The van der Waals surface area contributed by atoms with Crippen molar-refractivity contribution in [1.29, 1.82) is 0 Å². The standard InChI is InChI=1S/C14H18N2S/c1-2-9-16(11-14-4-3-10-17-14)13-7-5-12(15)6-8-13/h3-8,10H,2,9,11,15H2,1H3. The lowest BCUT2D eigenvalue weighted by Gasteiger charge is -2.23. The van der Waals surface area contributed by atoms with Crippen molar-refractivity contribution in [2.45, 2.75) is 19.9 Å². The molecule has 0 saturated heterocycles. The molecule has 0 fully saturated rings. The van der Waals surface area contributed by atoms with Crippen molar-refractivity contribution < 1.29 is 0 Å². The molecule has 1 heterocycles. The predicted octanol–water partition coefficient (Wildman–Crippen LogP) is 3.75. The molecule has 0 amide bonds. The van der Waals surface area contributed by atoms with E-state index in [0.717, 1.165) is 25.2 Å². The first-order valence-corrected chi connectivity index (χ1v) is 6.80. The molecule has 2 rings (SSSR count). The van der Waals surface area contributed by atoms with Gasteiger partial charge >= 0.3 is 0 Å². The van der Waals surface area contributed by atoms with E-state index in [-0.39, 0.29) is 0 Å². The third-order valence-electron chi connectivity index (χ3n) is 2.68. The molecule has 17 heavy (non-hydrogen) atoms. The number of hydrogen-bond acceptors (Lipinski definition) is 3. The molecule has 0 aliphatic rings. The van der Waals surface area contributed by atoms with E-state index >= 15 is 0 Å². The molecule has 0 saturated carbocycles. The van der Waals surface area contributed by atoms with E-state index in [0.29, 0.717) is 0 Å². The lowest BCUT2D eigenvalue weighted by atomic mass is 10.2.